The van der Waals surface area contributed by atoms with Crippen molar-refractivity contribution in [2.24, 2.45) is 0 Å². The lowest BCUT2D eigenvalue weighted by Crippen LogP contribution is -2.45. The number of ether oxygens (including phenoxy) is 1. The third kappa shape index (κ3) is 67.5. The molecule has 2 unspecified atom stereocenters. The van der Waals surface area contributed by atoms with Crippen molar-refractivity contribution in [2.45, 2.75) is 437 Å². The summed E-state index contributed by atoms with van der Waals surface area (Å²) in [5, 5.41) is 23.3. The molecule has 0 aromatic heterocycles. The van der Waals surface area contributed by atoms with Crippen LogP contribution < -0.4 is 5.32 Å². The van der Waals surface area contributed by atoms with Crippen LogP contribution in [-0.4, -0.2) is 47.4 Å². The zero-order chi connectivity index (χ0) is 59.2. The minimum absolute atomic E-state index is 0.00926. The Balaban J connectivity index is 3.38. The molecule has 6 heteroatoms. The van der Waals surface area contributed by atoms with Crippen molar-refractivity contribution in [3.8, 4) is 0 Å². The van der Waals surface area contributed by atoms with Crippen LogP contribution in [0.1, 0.15) is 425 Å². The summed E-state index contributed by atoms with van der Waals surface area (Å²) in [6, 6.07) is -0.628. The molecule has 0 rings (SSSR count). The quantitative estimate of drug-likeness (QED) is 0.0320. The number of unbranched alkanes of at least 4 members (excludes halogenated alkanes) is 58. The Labute approximate surface area is 513 Å². The summed E-state index contributed by atoms with van der Waals surface area (Å²) < 4.78 is 5.49. The zero-order valence-corrected chi connectivity index (χ0v) is 55.8. The molecule has 0 saturated carbocycles. The number of hydrogen-bond donors (Lipinski definition) is 3. The number of carbonyl (C=O) groups is 2. The first-order valence-electron chi connectivity index (χ1n) is 37.6. The molecule has 1 amide bonds. The third-order valence-corrected chi connectivity index (χ3v) is 17.7. The Kier molecular flexibility index (Phi) is 70.4. The van der Waals surface area contributed by atoms with E-state index in [-0.39, 0.29) is 18.5 Å². The maximum absolute atomic E-state index is 12.5. The second-order valence-electron chi connectivity index (χ2n) is 26.0. The summed E-state index contributed by atoms with van der Waals surface area (Å²) in [7, 11) is 0. The van der Waals surface area contributed by atoms with Gasteiger partial charge in [0.2, 0.25) is 5.91 Å². The Hall–Kier alpha value is -1.66. The summed E-state index contributed by atoms with van der Waals surface area (Å²) >= 11 is 0. The number of amides is 1. The topological polar surface area (TPSA) is 95.9 Å². The van der Waals surface area contributed by atoms with Crippen LogP contribution in [-0.2, 0) is 14.3 Å². The van der Waals surface area contributed by atoms with Gasteiger partial charge in [-0.25, -0.2) is 0 Å². The van der Waals surface area contributed by atoms with Gasteiger partial charge in [0.1, 0.15) is 0 Å². The van der Waals surface area contributed by atoms with Gasteiger partial charge < -0.3 is 20.3 Å². The molecule has 0 bridgehead atoms. The molecule has 486 valence electrons. The number of nitrogens with one attached hydrogen (secondary N) is 1. The number of aliphatic hydroxyl groups excluding tert-OH is 2. The fourth-order valence-corrected chi connectivity index (χ4v) is 12.0. The van der Waals surface area contributed by atoms with Crippen LogP contribution in [0.5, 0.6) is 0 Å². The Morgan fingerprint density at radius 3 is 0.866 bits per heavy atom. The maximum atomic E-state index is 12.5. The Bertz CT molecular complexity index is 1280. The van der Waals surface area contributed by atoms with Gasteiger partial charge in [-0.2, -0.15) is 0 Å². The lowest BCUT2D eigenvalue weighted by Gasteiger charge is -2.20. The highest BCUT2D eigenvalue weighted by molar-refractivity contribution is 5.76. The highest BCUT2D eigenvalue weighted by Gasteiger charge is 2.18. The standard InChI is InChI=1S/C76H147NO5/c1-3-5-7-9-11-13-15-17-19-20-21-22-23-26-29-32-35-38-41-44-48-52-56-60-64-68-74(79)73(72-78)77-75(80)69-65-61-57-53-49-45-42-39-36-33-30-27-24-25-28-31-34-37-40-43-47-51-55-59-63-67-71-82-76(81)70-66-62-58-54-50-46-18-16-14-12-10-8-6-4-2/h16,18,64,68,73-74,78-79H,3-15,17,19-63,65-67,69-72H2,1-2H3,(H,77,80)/b18-16-,68-64+. The van der Waals surface area contributed by atoms with Gasteiger partial charge in [0.25, 0.3) is 0 Å². The van der Waals surface area contributed by atoms with E-state index >= 15 is 0 Å². The van der Waals surface area contributed by atoms with E-state index in [4.69, 9.17) is 4.74 Å². The molecule has 0 aromatic rings. The smallest absolute Gasteiger partial charge is 0.305 e. The SMILES string of the molecule is CCCCCCC/C=C\CCCCCCCC(=O)OCCCCCCCCCCCCCCCCCCCCCCCCCCCCC(=O)NC(CO)C(O)/C=C/CCCCCCCCCCCCCCCCCCCCCCCCC. The molecule has 6 nitrogen and oxygen atoms in total. The number of esters is 1. The fourth-order valence-electron chi connectivity index (χ4n) is 12.0. The van der Waals surface area contributed by atoms with Gasteiger partial charge in [0.15, 0.2) is 0 Å². The van der Waals surface area contributed by atoms with E-state index in [1.807, 2.05) is 6.08 Å². The number of aliphatic hydroxyl groups is 2. The van der Waals surface area contributed by atoms with Crippen LogP contribution in [0, 0.1) is 0 Å². The van der Waals surface area contributed by atoms with Crippen molar-refractivity contribution in [3.05, 3.63) is 24.3 Å². The summed E-state index contributed by atoms with van der Waals surface area (Å²) in [6.45, 7) is 4.94. The minimum Gasteiger partial charge on any atom is -0.466 e. The predicted molar refractivity (Wildman–Crippen MR) is 361 cm³/mol. The molecule has 0 fully saturated rings. The van der Waals surface area contributed by atoms with Crippen LogP contribution in [0.25, 0.3) is 0 Å². The number of allylic oxidation sites excluding steroid dienone is 3. The molecular weight excluding hydrogens is 1010 g/mol. The molecule has 0 aliphatic carbocycles. The van der Waals surface area contributed by atoms with Crippen molar-refractivity contribution in [3.63, 3.8) is 0 Å². The first-order valence-corrected chi connectivity index (χ1v) is 37.6. The van der Waals surface area contributed by atoms with E-state index in [9.17, 15) is 19.8 Å². The molecule has 0 heterocycles. The molecule has 0 radical (unpaired) electrons. The molecule has 82 heavy (non-hydrogen) atoms. The highest BCUT2D eigenvalue weighted by atomic mass is 16.5. The van der Waals surface area contributed by atoms with Gasteiger partial charge in [-0.3, -0.25) is 9.59 Å². The van der Waals surface area contributed by atoms with Crippen molar-refractivity contribution in [1.82, 2.24) is 5.32 Å². The van der Waals surface area contributed by atoms with E-state index in [2.05, 4.69) is 31.3 Å². The van der Waals surface area contributed by atoms with E-state index in [0.717, 1.165) is 44.9 Å². The Morgan fingerprint density at radius 2 is 0.573 bits per heavy atom. The largest absolute Gasteiger partial charge is 0.466 e. The molecule has 3 N–H and O–H groups in total. The number of carbonyl (C=O) groups excluding carboxylic acids is 2. The first kappa shape index (κ1) is 80.3. The predicted octanol–water partition coefficient (Wildman–Crippen LogP) is 24.5. The summed E-state index contributed by atoms with van der Waals surface area (Å²) in [5.74, 6) is -0.0514. The highest BCUT2D eigenvalue weighted by Crippen LogP contribution is 2.19. The summed E-state index contributed by atoms with van der Waals surface area (Å²) in [6.07, 6.45) is 91.3. The van der Waals surface area contributed by atoms with Crippen LogP contribution in [0.2, 0.25) is 0 Å². The second kappa shape index (κ2) is 71.8. The van der Waals surface area contributed by atoms with Gasteiger partial charge in [-0.05, 0) is 57.8 Å². The fraction of sp³-hybridized carbons (Fsp3) is 0.921. The van der Waals surface area contributed by atoms with E-state index in [0.29, 0.717) is 19.4 Å². The molecule has 0 spiro atoms. The minimum atomic E-state index is -0.844. The first-order chi connectivity index (χ1) is 40.5. The second-order valence-corrected chi connectivity index (χ2v) is 26.0. The number of rotatable bonds is 71. The average Bonchev–Trinajstić information content (AvgIpc) is 3.48. The van der Waals surface area contributed by atoms with Crippen LogP contribution >= 0.6 is 0 Å². The van der Waals surface area contributed by atoms with Crippen molar-refractivity contribution in [2.75, 3.05) is 13.2 Å². The van der Waals surface area contributed by atoms with Crippen LogP contribution in [0.4, 0.5) is 0 Å². The van der Waals surface area contributed by atoms with Crippen molar-refractivity contribution >= 4 is 11.9 Å². The zero-order valence-electron chi connectivity index (χ0n) is 55.8. The molecule has 2 atom stereocenters. The lowest BCUT2D eigenvalue weighted by molar-refractivity contribution is -0.143. The van der Waals surface area contributed by atoms with Gasteiger partial charge in [0.05, 0.1) is 25.4 Å². The molecule has 0 aliphatic rings. The molecule has 0 aromatic carbocycles. The van der Waals surface area contributed by atoms with E-state index in [1.165, 1.54) is 353 Å². The van der Waals surface area contributed by atoms with Crippen LogP contribution in [0.15, 0.2) is 24.3 Å². The summed E-state index contributed by atoms with van der Waals surface area (Å²) in [4.78, 5) is 24.6. The summed E-state index contributed by atoms with van der Waals surface area (Å²) in [5.41, 5.74) is 0. The maximum Gasteiger partial charge on any atom is 0.305 e. The van der Waals surface area contributed by atoms with Crippen LogP contribution in [0.3, 0.4) is 0 Å². The van der Waals surface area contributed by atoms with E-state index in [1.54, 1.807) is 6.08 Å². The normalized spacial score (nSPS) is 12.6. The van der Waals surface area contributed by atoms with Gasteiger partial charge >= 0.3 is 5.97 Å². The van der Waals surface area contributed by atoms with E-state index < -0.39 is 12.1 Å². The van der Waals surface area contributed by atoms with Crippen molar-refractivity contribution < 1.29 is 24.5 Å². The molecular formula is C76H147NO5. The molecule has 0 saturated heterocycles. The third-order valence-electron chi connectivity index (χ3n) is 17.7. The van der Waals surface area contributed by atoms with Gasteiger partial charge in [0, 0.05) is 12.8 Å². The monoisotopic (exact) mass is 1150 g/mol. The number of hydrogen-bond acceptors (Lipinski definition) is 5. The Morgan fingerprint density at radius 1 is 0.329 bits per heavy atom. The molecule has 0 aliphatic heterocycles. The van der Waals surface area contributed by atoms with Gasteiger partial charge in [-0.15, -0.1) is 0 Å². The van der Waals surface area contributed by atoms with Crippen molar-refractivity contribution in [1.29, 1.82) is 0 Å². The van der Waals surface area contributed by atoms with Gasteiger partial charge in [-0.1, -0.05) is 378 Å². The average molecular weight is 1160 g/mol. The lowest BCUT2D eigenvalue weighted by atomic mass is 10.0.